The van der Waals surface area contributed by atoms with E-state index in [0.717, 1.165) is 59.1 Å². The van der Waals surface area contributed by atoms with E-state index >= 15 is 0 Å². The van der Waals surface area contributed by atoms with Crippen LogP contribution < -0.4 is 4.90 Å². The van der Waals surface area contributed by atoms with Crippen molar-refractivity contribution in [3.05, 3.63) is 65.6 Å². The van der Waals surface area contributed by atoms with E-state index < -0.39 is 0 Å². The molecule has 1 fully saturated rings. The molecule has 0 unspecified atom stereocenters. The van der Waals surface area contributed by atoms with Crippen LogP contribution in [0.15, 0.2) is 48.7 Å². The van der Waals surface area contributed by atoms with Crippen LogP contribution in [0.3, 0.4) is 0 Å². The lowest BCUT2D eigenvalue weighted by atomic mass is 10.1. The van der Waals surface area contributed by atoms with Crippen LogP contribution in [0.5, 0.6) is 0 Å². The van der Waals surface area contributed by atoms with Gasteiger partial charge < -0.3 is 9.80 Å². The van der Waals surface area contributed by atoms with E-state index in [-0.39, 0.29) is 5.91 Å². The molecule has 4 aromatic rings. The van der Waals surface area contributed by atoms with E-state index in [1.54, 1.807) is 17.5 Å². The molecule has 1 saturated heterocycles. The molecule has 156 valence electrons. The van der Waals surface area contributed by atoms with Crippen molar-refractivity contribution in [3.63, 3.8) is 0 Å². The van der Waals surface area contributed by atoms with Gasteiger partial charge in [-0.25, -0.2) is 14.6 Å². The third-order valence-electron chi connectivity index (χ3n) is 6.13. The minimum atomic E-state index is 0.0541. The van der Waals surface area contributed by atoms with Gasteiger partial charge in [0.2, 0.25) is 0 Å². The number of carbonyl (C=O) groups is 1. The van der Waals surface area contributed by atoms with Gasteiger partial charge in [0.05, 0.1) is 5.69 Å². The van der Waals surface area contributed by atoms with Gasteiger partial charge in [0.15, 0.2) is 10.8 Å². The molecule has 31 heavy (non-hydrogen) atoms. The molecule has 1 aromatic carbocycles. The molecule has 0 spiro atoms. The van der Waals surface area contributed by atoms with Crippen LogP contribution in [-0.2, 0) is 12.8 Å². The molecule has 6 rings (SSSR count). The Morgan fingerprint density at radius 2 is 1.81 bits per heavy atom. The smallest absolute Gasteiger partial charge is 0.274 e. The number of nitrogens with zero attached hydrogens (tertiary/aromatic N) is 6. The number of benzene rings is 1. The van der Waals surface area contributed by atoms with Crippen molar-refractivity contribution in [2.45, 2.75) is 19.3 Å². The fraction of sp³-hybridized carbons (Fsp3) is 0.304. The average Bonchev–Trinajstić information content (AvgIpc) is 3.54. The van der Waals surface area contributed by atoms with Crippen molar-refractivity contribution in [1.82, 2.24) is 24.6 Å². The number of piperazine rings is 1. The van der Waals surface area contributed by atoms with Gasteiger partial charge in [0.1, 0.15) is 10.3 Å². The first kappa shape index (κ1) is 18.5. The number of thiazole rings is 1. The zero-order chi connectivity index (χ0) is 20.8. The Morgan fingerprint density at radius 1 is 0.968 bits per heavy atom. The Balaban J connectivity index is 1.22. The van der Waals surface area contributed by atoms with Crippen molar-refractivity contribution in [1.29, 1.82) is 0 Å². The minimum absolute atomic E-state index is 0.0541. The van der Waals surface area contributed by atoms with Gasteiger partial charge in [0.25, 0.3) is 5.91 Å². The molecular weight excluding hydrogens is 408 g/mol. The Bertz CT molecular complexity index is 1220. The van der Waals surface area contributed by atoms with Gasteiger partial charge in [0, 0.05) is 43.6 Å². The molecule has 0 atom stereocenters. The topological polar surface area (TPSA) is 67.2 Å². The third kappa shape index (κ3) is 3.18. The first-order valence-corrected chi connectivity index (χ1v) is 11.5. The molecule has 2 aliphatic rings. The molecular formula is C23H22N6OS. The zero-order valence-corrected chi connectivity index (χ0v) is 17.9. The molecule has 0 bridgehead atoms. The summed E-state index contributed by atoms with van der Waals surface area (Å²) in [5.74, 6) is 0.0541. The summed E-state index contributed by atoms with van der Waals surface area (Å²) in [5.41, 5.74) is 4.91. The number of carbonyl (C=O) groups excluding carboxylic acids is 1. The maximum Gasteiger partial charge on any atom is 0.274 e. The number of rotatable bonds is 3. The van der Waals surface area contributed by atoms with Gasteiger partial charge in [-0.2, -0.15) is 5.10 Å². The van der Waals surface area contributed by atoms with Crippen molar-refractivity contribution >= 4 is 32.7 Å². The highest BCUT2D eigenvalue weighted by Crippen LogP contribution is 2.30. The molecule has 7 nitrogen and oxygen atoms in total. The van der Waals surface area contributed by atoms with Gasteiger partial charge in [-0.1, -0.05) is 29.5 Å². The Kier molecular flexibility index (Phi) is 4.45. The van der Waals surface area contributed by atoms with Crippen molar-refractivity contribution in [2.24, 2.45) is 0 Å². The molecule has 4 heterocycles. The van der Waals surface area contributed by atoms with Crippen LogP contribution in [0.25, 0.3) is 16.0 Å². The van der Waals surface area contributed by atoms with E-state index in [1.165, 1.54) is 5.69 Å². The average molecular weight is 431 g/mol. The second kappa shape index (κ2) is 7.46. The minimum Gasteiger partial charge on any atom is -0.344 e. The molecule has 1 aliphatic heterocycles. The number of para-hydroxylation sites is 1. The fourth-order valence-electron chi connectivity index (χ4n) is 4.54. The van der Waals surface area contributed by atoms with Crippen molar-refractivity contribution in [3.8, 4) is 5.69 Å². The van der Waals surface area contributed by atoms with Gasteiger partial charge in [-0.3, -0.25) is 4.79 Å². The first-order valence-electron chi connectivity index (χ1n) is 10.7. The van der Waals surface area contributed by atoms with Crippen molar-refractivity contribution < 1.29 is 4.79 Å². The number of hydrogen-bond donors (Lipinski definition) is 0. The summed E-state index contributed by atoms with van der Waals surface area (Å²) in [6.07, 6.45) is 4.79. The number of pyridine rings is 1. The van der Waals surface area contributed by atoms with Crippen LogP contribution in [0.1, 0.15) is 28.2 Å². The Morgan fingerprint density at radius 3 is 2.61 bits per heavy atom. The fourth-order valence-corrected chi connectivity index (χ4v) is 5.50. The maximum absolute atomic E-state index is 13.4. The molecule has 0 saturated carbocycles. The molecule has 8 heteroatoms. The van der Waals surface area contributed by atoms with Gasteiger partial charge in [-0.15, -0.1) is 0 Å². The van der Waals surface area contributed by atoms with E-state index in [0.29, 0.717) is 18.8 Å². The Hall–Kier alpha value is -3.26. The highest BCUT2D eigenvalue weighted by molar-refractivity contribution is 7.21. The molecule has 1 amide bonds. The standard InChI is InChI=1S/C23H22N6OS/c30-22(20-17-8-4-10-19(17)29(26-20)16-6-2-1-3-7-16)27-12-14-28(15-13-27)23-25-18-9-5-11-24-21(18)31-23/h1-3,5-7,9,11H,4,8,10,12-15H2. The van der Waals surface area contributed by atoms with Gasteiger partial charge in [-0.05, 0) is 43.5 Å². The summed E-state index contributed by atoms with van der Waals surface area (Å²) in [7, 11) is 0. The number of aromatic nitrogens is 4. The SMILES string of the molecule is O=C(c1nn(-c2ccccc2)c2c1CCC2)N1CCN(c2nc3cccnc3s2)CC1. The zero-order valence-electron chi connectivity index (χ0n) is 17.1. The predicted molar refractivity (Wildman–Crippen MR) is 121 cm³/mol. The lowest BCUT2D eigenvalue weighted by molar-refractivity contribution is 0.0739. The third-order valence-corrected chi connectivity index (χ3v) is 7.17. The lowest BCUT2D eigenvalue weighted by Gasteiger charge is -2.34. The lowest BCUT2D eigenvalue weighted by Crippen LogP contribution is -2.49. The number of hydrogen-bond acceptors (Lipinski definition) is 6. The van der Waals surface area contributed by atoms with Crippen LogP contribution >= 0.6 is 11.3 Å². The molecule has 0 N–H and O–H groups in total. The Labute approximate surface area is 184 Å². The number of amides is 1. The summed E-state index contributed by atoms with van der Waals surface area (Å²) in [5, 5.41) is 5.76. The second-order valence-corrected chi connectivity index (χ2v) is 8.93. The maximum atomic E-state index is 13.4. The van der Waals surface area contributed by atoms with E-state index in [1.807, 2.05) is 52.0 Å². The van der Waals surface area contributed by atoms with Crippen LogP contribution in [-0.4, -0.2) is 56.7 Å². The highest BCUT2D eigenvalue weighted by Gasteiger charge is 2.31. The summed E-state index contributed by atoms with van der Waals surface area (Å²) < 4.78 is 1.97. The normalized spacial score (nSPS) is 16.1. The predicted octanol–water partition coefficient (Wildman–Crippen LogP) is 3.33. The highest BCUT2D eigenvalue weighted by atomic mass is 32.1. The summed E-state index contributed by atoms with van der Waals surface area (Å²) in [4.78, 5) is 27.7. The van der Waals surface area contributed by atoms with E-state index in [9.17, 15) is 4.79 Å². The summed E-state index contributed by atoms with van der Waals surface area (Å²) in [6, 6.07) is 14.0. The van der Waals surface area contributed by atoms with Crippen LogP contribution in [0.4, 0.5) is 5.13 Å². The molecule has 0 radical (unpaired) electrons. The second-order valence-electron chi connectivity index (χ2n) is 7.98. The van der Waals surface area contributed by atoms with E-state index in [4.69, 9.17) is 10.1 Å². The quantitative estimate of drug-likeness (QED) is 0.499. The first-order chi connectivity index (χ1) is 15.3. The summed E-state index contributed by atoms with van der Waals surface area (Å²) >= 11 is 1.61. The summed E-state index contributed by atoms with van der Waals surface area (Å²) in [6.45, 7) is 2.89. The van der Waals surface area contributed by atoms with E-state index in [2.05, 4.69) is 9.88 Å². The largest absolute Gasteiger partial charge is 0.344 e. The number of fused-ring (bicyclic) bond motifs is 2. The monoisotopic (exact) mass is 430 g/mol. The molecule has 3 aromatic heterocycles. The van der Waals surface area contributed by atoms with Gasteiger partial charge >= 0.3 is 0 Å². The van der Waals surface area contributed by atoms with Crippen molar-refractivity contribution in [2.75, 3.05) is 31.1 Å². The number of anilines is 1. The molecule has 1 aliphatic carbocycles. The van der Waals surface area contributed by atoms with Crippen LogP contribution in [0, 0.1) is 0 Å². The van der Waals surface area contributed by atoms with Crippen LogP contribution in [0.2, 0.25) is 0 Å².